The van der Waals surface area contributed by atoms with Crippen LogP contribution in [0.5, 0.6) is 5.75 Å². The van der Waals surface area contributed by atoms with E-state index in [1.54, 1.807) is 18.6 Å². The number of halogens is 1. The molecule has 8 heteroatoms. The van der Waals surface area contributed by atoms with Gasteiger partial charge in [-0.1, -0.05) is 0 Å². The number of aryl methyl sites for hydroxylation is 1. The molecule has 29 heavy (non-hydrogen) atoms. The number of hydrogen-bond donors (Lipinski definition) is 2. The highest BCUT2D eigenvalue weighted by molar-refractivity contribution is 5.85. The van der Waals surface area contributed by atoms with Gasteiger partial charge in [0, 0.05) is 48.4 Å². The number of pyridine rings is 2. The van der Waals surface area contributed by atoms with Gasteiger partial charge in [0.1, 0.15) is 6.10 Å². The second kappa shape index (κ2) is 7.65. The standard InChI is InChI=1S/C21H24N6O.ClH/c1-14(15-2-6-23-7-3-15)28-18-10-16(12-25-20(18)22)17-11-19-21(4-8-24-13-21)5-9-27(19)26-17;/h2-3,6-7,10-12,14,24H,4-5,8-9,13H2,1H3,(H2,22,25);1H/t14?,21-;/m1./s1. The third-order valence-electron chi connectivity index (χ3n) is 6.03. The van der Waals surface area contributed by atoms with Crippen molar-refractivity contribution in [2.75, 3.05) is 18.8 Å². The maximum absolute atomic E-state index is 6.10. The van der Waals surface area contributed by atoms with E-state index < -0.39 is 0 Å². The molecule has 1 spiro atoms. The molecule has 0 aliphatic carbocycles. The lowest BCUT2D eigenvalue weighted by Gasteiger charge is -2.20. The normalized spacial score (nSPS) is 21.0. The Morgan fingerprint density at radius 3 is 2.83 bits per heavy atom. The number of nitrogens with one attached hydrogen (secondary N) is 1. The summed E-state index contributed by atoms with van der Waals surface area (Å²) in [5, 5.41) is 8.34. The summed E-state index contributed by atoms with van der Waals surface area (Å²) in [4.78, 5) is 8.41. The van der Waals surface area contributed by atoms with Gasteiger partial charge in [0.2, 0.25) is 0 Å². The second-order valence-corrected chi connectivity index (χ2v) is 7.74. The van der Waals surface area contributed by atoms with Crippen molar-refractivity contribution in [2.45, 2.75) is 37.8 Å². The number of fused-ring (bicyclic) bond motifs is 2. The van der Waals surface area contributed by atoms with Gasteiger partial charge in [-0.2, -0.15) is 5.10 Å². The van der Waals surface area contributed by atoms with Crippen LogP contribution in [-0.4, -0.2) is 32.8 Å². The average molecular weight is 413 g/mol. The lowest BCUT2D eigenvalue weighted by molar-refractivity contribution is 0.227. The van der Waals surface area contributed by atoms with E-state index >= 15 is 0 Å². The molecule has 2 atom stereocenters. The first-order valence-corrected chi connectivity index (χ1v) is 9.76. The first kappa shape index (κ1) is 19.7. The molecule has 5 rings (SSSR count). The zero-order chi connectivity index (χ0) is 19.1. The summed E-state index contributed by atoms with van der Waals surface area (Å²) < 4.78 is 8.26. The Balaban J connectivity index is 0.00000205. The zero-order valence-corrected chi connectivity index (χ0v) is 17.2. The molecule has 152 valence electrons. The number of nitrogen functional groups attached to an aromatic ring is 1. The van der Waals surface area contributed by atoms with Crippen LogP contribution >= 0.6 is 12.4 Å². The lowest BCUT2D eigenvalue weighted by atomic mass is 9.82. The fourth-order valence-electron chi connectivity index (χ4n) is 4.36. The fourth-order valence-corrected chi connectivity index (χ4v) is 4.36. The first-order valence-electron chi connectivity index (χ1n) is 9.76. The smallest absolute Gasteiger partial charge is 0.166 e. The van der Waals surface area contributed by atoms with Gasteiger partial charge in [0.15, 0.2) is 11.6 Å². The number of hydrogen-bond acceptors (Lipinski definition) is 6. The molecular formula is C21H25ClN6O. The van der Waals surface area contributed by atoms with E-state index in [0.29, 0.717) is 11.6 Å². The summed E-state index contributed by atoms with van der Waals surface area (Å²) in [5.74, 6) is 0.958. The minimum Gasteiger partial charge on any atom is -0.482 e. The van der Waals surface area contributed by atoms with Crippen LogP contribution in [0.25, 0.3) is 11.3 Å². The van der Waals surface area contributed by atoms with E-state index in [0.717, 1.165) is 36.5 Å². The Hall–Kier alpha value is -2.64. The Morgan fingerprint density at radius 1 is 1.24 bits per heavy atom. The molecule has 3 aromatic heterocycles. The minimum absolute atomic E-state index is 0. The Bertz CT molecular complexity index is 1000. The Morgan fingerprint density at radius 2 is 2.07 bits per heavy atom. The van der Waals surface area contributed by atoms with Crippen molar-refractivity contribution in [1.29, 1.82) is 0 Å². The van der Waals surface area contributed by atoms with Gasteiger partial charge in [-0.05, 0) is 56.1 Å². The molecule has 7 nitrogen and oxygen atoms in total. The van der Waals surface area contributed by atoms with Gasteiger partial charge in [-0.25, -0.2) is 4.98 Å². The summed E-state index contributed by atoms with van der Waals surface area (Å²) in [6, 6.07) is 8.03. The summed E-state index contributed by atoms with van der Waals surface area (Å²) in [7, 11) is 0. The van der Waals surface area contributed by atoms with Crippen molar-refractivity contribution in [1.82, 2.24) is 25.1 Å². The summed E-state index contributed by atoms with van der Waals surface area (Å²) >= 11 is 0. The predicted octanol–water partition coefficient (Wildman–Crippen LogP) is 3.12. The number of aromatic nitrogens is 4. The van der Waals surface area contributed by atoms with Crippen LogP contribution in [-0.2, 0) is 12.0 Å². The van der Waals surface area contributed by atoms with E-state index in [1.807, 2.05) is 25.1 Å². The van der Waals surface area contributed by atoms with Gasteiger partial charge < -0.3 is 15.8 Å². The molecule has 0 aromatic carbocycles. The number of rotatable bonds is 4. The van der Waals surface area contributed by atoms with Crippen LogP contribution in [0.2, 0.25) is 0 Å². The highest BCUT2D eigenvalue weighted by Crippen LogP contribution is 2.41. The number of anilines is 1. The molecule has 0 saturated carbocycles. The first-order chi connectivity index (χ1) is 13.6. The van der Waals surface area contributed by atoms with Crippen LogP contribution in [0, 0.1) is 0 Å². The van der Waals surface area contributed by atoms with Gasteiger partial charge in [-0.3, -0.25) is 9.67 Å². The van der Waals surface area contributed by atoms with Crippen LogP contribution in [0.3, 0.4) is 0 Å². The summed E-state index contributed by atoms with van der Waals surface area (Å²) in [6.45, 7) is 5.08. The molecule has 1 saturated heterocycles. The van der Waals surface area contributed by atoms with E-state index in [9.17, 15) is 0 Å². The van der Waals surface area contributed by atoms with Crippen LogP contribution in [0.1, 0.15) is 37.1 Å². The van der Waals surface area contributed by atoms with Crippen molar-refractivity contribution in [2.24, 2.45) is 0 Å². The lowest BCUT2D eigenvalue weighted by Crippen LogP contribution is -2.25. The SMILES string of the molecule is CC(Oc1cc(-c2cc3n(n2)CC[C@@]32CCNC2)cnc1N)c1ccncc1.Cl. The molecule has 5 heterocycles. The molecule has 1 unspecified atom stereocenters. The third kappa shape index (κ3) is 3.45. The van der Waals surface area contributed by atoms with Gasteiger partial charge in [0.05, 0.1) is 5.69 Å². The van der Waals surface area contributed by atoms with E-state index in [2.05, 4.69) is 26.0 Å². The van der Waals surface area contributed by atoms with Crippen LogP contribution in [0.4, 0.5) is 5.82 Å². The maximum Gasteiger partial charge on any atom is 0.166 e. The van der Waals surface area contributed by atoms with Crippen molar-refractivity contribution in [3.63, 3.8) is 0 Å². The number of ether oxygens (including phenoxy) is 1. The molecule has 3 aromatic rings. The predicted molar refractivity (Wildman–Crippen MR) is 114 cm³/mol. The summed E-state index contributed by atoms with van der Waals surface area (Å²) in [5.41, 5.74) is 10.5. The Labute approximate surface area is 176 Å². The zero-order valence-electron chi connectivity index (χ0n) is 16.3. The second-order valence-electron chi connectivity index (χ2n) is 7.74. The Kier molecular flexibility index (Phi) is 5.19. The van der Waals surface area contributed by atoms with Crippen LogP contribution in [0.15, 0.2) is 42.9 Å². The fraction of sp³-hybridized carbons (Fsp3) is 0.381. The molecule has 2 aliphatic heterocycles. The highest BCUT2D eigenvalue weighted by atomic mass is 35.5. The molecule has 0 bridgehead atoms. The quantitative estimate of drug-likeness (QED) is 0.684. The molecule has 0 radical (unpaired) electrons. The third-order valence-corrected chi connectivity index (χ3v) is 6.03. The monoisotopic (exact) mass is 412 g/mol. The van der Waals surface area contributed by atoms with Crippen molar-refractivity contribution in [3.8, 4) is 17.0 Å². The minimum atomic E-state index is -0.151. The van der Waals surface area contributed by atoms with E-state index in [-0.39, 0.29) is 23.9 Å². The van der Waals surface area contributed by atoms with Crippen molar-refractivity contribution >= 4 is 18.2 Å². The van der Waals surface area contributed by atoms with E-state index in [4.69, 9.17) is 15.6 Å². The highest BCUT2D eigenvalue weighted by Gasteiger charge is 2.42. The molecule has 3 N–H and O–H groups in total. The maximum atomic E-state index is 6.10. The van der Waals surface area contributed by atoms with E-state index in [1.165, 1.54) is 18.5 Å². The van der Waals surface area contributed by atoms with Crippen molar-refractivity contribution < 1.29 is 4.74 Å². The largest absolute Gasteiger partial charge is 0.482 e. The van der Waals surface area contributed by atoms with Crippen LogP contribution < -0.4 is 15.8 Å². The van der Waals surface area contributed by atoms with Crippen molar-refractivity contribution in [3.05, 3.63) is 54.1 Å². The van der Waals surface area contributed by atoms with Gasteiger partial charge in [0.25, 0.3) is 0 Å². The molecular weight excluding hydrogens is 388 g/mol. The summed E-state index contributed by atoms with van der Waals surface area (Å²) in [6.07, 6.45) is 7.48. The molecule has 0 amide bonds. The topological polar surface area (TPSA) is 90.9 Å². The number of nitrogens with two attached hydrogens (primary N) is 1. The van der Waals surface area contributed by atoms with Gasteiger partial charge in [-0.15, -0.1) is 12.4 Å². The molecule has 1 fully saturated rings. The average Bonchev–Trinajstić information content (AvgIpc) is 3.43. The number of nitrogens with zero attached hydrogens (tertiary/aromatic N) is 4. The molecule has 2 aliphatic rings. The van der Waals surface area contributed by atoms with Gasteiger partial charge >= 0.3 is 0 Å².